The number of rotatable bonds is 7. The van der Waals surface area contributed by atoms with Crippen LogP contribution >= 0.6 is 0 Å². The number of aryl methyl sites for hydroxylation is 1. The zero-order valence-corrected chi connectivity index (χ0v) is 11.4. The van der Waals surface area contributed by atoms with Gasteiger partial charge in [-0.1, -0.05) is 44.0 Å². The summed E-state index contributed by atoms with van der Waals surface area (Å²) in [6, 6.07) is 7.68. The van der Waals surface area contributed by atoms with Crippen LogP contribution in [0.1, 0.15) is 50.3 Å². The van der Waals surface area contributed by atoms with E-state index in [-0.39, 0.29) is 6.04 Å². The van der Waals surface area contributed by atoms with Crippen molar-refractivity contribution in [2.24, 2.45) is 0 Å². The molecule has 1 unspecified atom stereocenters. The molecule has 0 fully saturated rings. The van der Waals surface area contributed by atoms with E-state index in [4.69, 9.17) is 0 Å². The molecule has 0 bridgehead atoms. The Kier molecular flexibility index (Phi) is 5.86. The van der Waals surface area contributed by atoms with Crippen LogP contribution in [0.2, 0.25) is 0 Å². The number of benzene rings is 1. The number of hydrogen-bond acceptors (Lipinski definition) is 2. The van der Waals surface area contributed by atoms with Crippen LogP contribution in [0.5, 0.6) is 0 Å². The normalized spacial score (nSPS) is 14.2. The van der Waals surface area contributed by atoms with Crippen LogP contribution in [0.25, 0.3) is 0 Å². The first kappa shape index (κ1) is 14.7. The number of hydrogen-bond donors (Lipinski definition) is 2. The van der Waals surface area contributed by atoms with Gasteiger partial charge in [0.05, 0.1) is 0 Å². The molecule has 2 N–H and O–H groups in total. The third-order valence-electron chi connectivity index (χ3n) is 3.25. The maximum Gasteiger partial charge on any atom is 0.320 e. The highest BCUT2D eigenvalue weighted by Gasteiger charge is 2.20. The zero-order chi connectivity index (χ0) is 13.5. The molecule has 0 aromatic heterocycles. The van der Waals surface area contributed by atoms with E-state index in [1.807, 2.05) is 25.1 Å². The van der Waals surface area contributed by atoms with Crippen molar-refractivity contribution >= 4 is 5.97 Å². The molecule has 0 radical (unpaired) electrons. The Labute approximate surface area is 109 Å². The lowest BCUT2D eigenvalue weighted by molar-refractivity contribution is -0.139. The number of carbonyl (C=O) groups is 1. The van der Waals surface area contributed by atoms with E-state index in [1.54, 1.807) is 0 Å². The van der Waals surface area contributed by atoms with E-state index in [1.165, 1.54) is 11.1 Å². The lowest BCUT2D eigenvalue weighted by Gasteiger charge is -2.21. The van der Waals surface area contributed by atoms with Crippen LogP contribution in [0.15, 0.2) is 24.3 Å². The highest BCUT2D eigenvalue weighted by atomic mass is 16.4. The molecule has 2 atom stereocenters. The monoisotopic (exact) mass is 249 g/mol. The van der Waals surface area contributed by atoms with Gasteiger partial charge in [0, 0.05) is 6.04 Å². The predicted octanol–water partition coefficient (Wildman–Crippen LogP) is 3.29. The molecule has 0 saturated heterocycles. The summed E-state index contributed by atoms with van der Waals surface area (Å²) in [6.07, 6.45) is 2.64. The van der Waals surface area contributed by atoms with Gasteiger partial charge in [-0.3, -0.25) is 10.1 Å². The summed E-state index contributed by atoms with van der Waals surface area (Å²) in [7, 11) is 0. The van der Waals surface area contributed by atoms with Gasteiger partial charge in [-0.05, 0) is 31.4 Å². The molecule has 0 aliphatic carbocycles. The molecule has 3 nitrogen and oxygen atoms in total. The summed E-state index contributed by atoms with van der Waals surface area (Å²) in [6.45, 7) is 6.14. The number of nitrogens with one attached hydrogen (secondary N) is 1. The predicted molar refractivity (Wildman–Crippen MR) is 73.7 cm³/mol. The minimum atomic E-state index is -0.760. The van der Waals surface area contributed by atoms with Gasteiger partial charge in [-0.2, -0.15) is 0 Å². The summed E-state index contributed by atoms with van der Waals surface area (Å²) >= 11 is 0. The number of unbranched alkanes of at least 4 members (excludes halogenated alkanes) is 1. The van der Waals surface area contributed by atoms with Crippen LogP contribution in [0, 0.1) is 6.92 Å². The van der Waals surface area contributed by atoms with Crippen molar-refractivity contribution in [3.63, 3.8) is 0 Å². The molecule has 1 aromatic carbocycles. The van der Waals surface area contributed by atoms with Gasteiger partial charge >= 0.3 is 5.97 Å². The summed E-state index contributed by atoms with van der Waals surface area (Å²) < 4.78 is 0. The molecule has 1 aromatic rings. The molecule has 0 spiro atoms. The third-order valence-corrected chi connectivity index (χ3v) is 3.25. The molecule has 100 valence electrons. The van der Waals surface area contributed by atoms with Crippen molar-refractivity contribution < 1.29 is 9.90 Å². The van der Waals surface area contributed by atoms with Crippen molar-refractivity contribution in [3.05, 3.63) is 35.4 Å². The minimum Gasteiger partial charge on any atom is -0.480 e. The number of carboxylic acid groups (broad SMARTS) is 1. The van der Waals surface area contributed by atoms with Gasteiger partial charge in [-0.15, -0.1) is 0 Å². The summed E-state index contributed by atoms with van der Waals surface area (Å²) in [4.78, 5) is 11.2. The number of aliphatic carboxylic acids is 1. The van der Waals surface area contributed by atoms with E-state index in [0.717, 1.165) is 12.8 Å². The van der Waals surface area contributed by atoms with Crippen molar-refractivity contribution in [3.8, 4) is 0 Å². The average Bonchev–Trinajstić information content (AvgIpc) is 2.34. The Morgan fingerprint density at radius 3 is 2.61 bits per heavy atom. The van der Waals surface area contributed by atoms with Crippen LogP contribution < -0.4 is 5.32 Å². The maximum atomic E-state index is 11.2. The second-order valence-corrected chi connectivity index (χ2v) is 4.78. The third kappa shape index (κ3) is 4.15. The Morgan fingerprint density at radius 2 is 2.06 bits per heavy atom. The molecule has 3 heteroatoms. The summed E-state index contributed by atoms with van der Waals surface area (Å²) in [5.41, 5.74) is 2.36. The maximum absolute atomic E-state index is 11.2. The zero-order valence-electron chi connectivity index (χ0n) is 11.4. The molecule has 0 aliphatic heterocycles. The van der Waals surface area contributed by atoms with Gasteiger partial charge in [0.25, 0.3) is 0 Å². The summed E-state index contributed by atoms with van der Waals surface area (Å²) in [5, 5.41) is 12.4. The van der Waals surface area contributed by atoms with Gasteiger partial charge in [0.15, 0.2) is 0 Å². The molecule has 0 saturated carbocycles. The molecule has 1 rings (SSSR count). The van der Waals surface area contributed by atoms with Gasteiger partial charge in [-0.25, -0.2) is 0 Å². The SMILES string of the molecule is CCCCC(N[C@H](C)c1ccccc1C)C(=O)O. The fourth-order valence-corrected chi connectivity index (χ4v) is 2.15. The second-order valence-electron chi connectivity index (χ2n) is 4.78. The van der Waals surface area contributed by atoms with Crippen molar-refractivity contribution in [1.82, 2.24) is 5.32 Å². The first-order chi connectivity index (χ1) is 8.56. The topological polar surface area (TPSA) is 49.3 Å². The second kappa shape index (κ2) is 7.17. The first-order valence-electron chi connectivity index (χ1n) is 6.60. The summed E-state index contributed by atoms with van der Waals surface area (Å²) in [5.74, 6) is -0.760. The fraction of sp³-hybridized carbons (Fsp3) is 0.533. The minimum absolute atomic E-state index is 0.0594. The van der Waals surface area contributed by atoms with E-state index in [0.29, 0.717) is 6.42 Å². The Hall–Kier alpha value is -1.35. The Morgan fingerprint density at radius 1 is 1.39 bits per heavy atom. The average molecular weight is 249 g/mol. The highest BCUT2D eigenvalue weighted by molar-refractivity contribution is 5.73. The molecular formula is C15H23NO2. The molecule has 0 amide bonds. The van der Waals surface area contributed by atoms with E-state index in [9.17, 15) is 9.90 Å². The van der Waals surface area contributed by atoms with Crippen LogP contribution in [-0.4, -0.2) is 17.1 Å². The molecular weight excluding hydrogens is 226 g/mol. The van der Waals surface area contributed by atoms with Crippen LogP contribution in [0.3, 0.4) is 0 Å². The molecule has 0 aliphatic rings. The van der Waals surface area contributed by atoms with Crippen molar-refractivity contribution in [2.45, 2.75) is 52.1 Å². The largest absolute Gasteiger partial charge is 0.480 e. The number of carboxylic acids is 1. The van der Waals surface area contributed by atoms with Gasteiger partial charge in [0.1, 0.15) is 6.04 Å². The highest BCUT2D eigenvalue weighted by Crippen LogP contribution is 2.18. The smallest absolute Gasteiger partial charge is 0.320 e. The first-order valence-corrected chi connectivity index (χ1v) is 6.60. The standard InChI is InChI=1S/C15H23NO2/c1-4-5-10-14(15(17)18)16-12(3)13-9-7-6-8-11(13)2/h6-9,12,14,16H,4-5,10H2,1-3H3,(H,17,18)/t12-,14?/m1/s1. The quantitative estimate of drug-likeness (QED) is 0.779. The van der Waals surface area contributed by atoms with E-state index >= 15 is 0 Å². The Bertz CT molecular complexity index is 390. The van der Waals surface area contributed by atoms with E-state index < -0.39 is 12.0 Å². The van der Waals surface area contributed by atoms with Crippen molar-refractivity contribution in [2.75, 3.05) is 0 Å². The van der Waals surface area contributed by atoms with E-state index in [2.05, 4.69) is 25.2 Å². The lowest BCUT2D eigenvalue weighted by atomic mass is 10.0. The fourth-order valence-electron chi connectivity index (χ4n) is 2.15. The van der Waals surface area contributed by atoms with Crippen LogP contribution in [0.4, 0.5) is 0 Å². The van der Waals surface area contributed by atoms with Gasteiger partial charge < -0.3 is 5.11 Å². The van der Waals surface area contributed by atoms with Crippen molar-refractivity contribution in [1.29, 1.82) is 0 Å². The lowest BCUT2D eigenvalue weighted by Crippen LogP contribution is -2.38. The van der Waals surface area contributed by atoms with Crippen LogP contribution in [-0.2, 0) is 4.79 Å². The molecule has 18 heavy (non-hydrogen) atoms. The molecule has 0 heterocycles. The Balaban J connectivity index is 2.69. The van der Waals surface area contributed by atoms with Gasteiger partial charge in [0.2, 0.25) is 0 Å².